The lowest BCUT2D eigenvalue weighted by atomic mass is 10.1. The number of rotatable bonds is 4. The standard InChI is InChI=1S/C10H15N3O2S/c1-13(2)16(14,15)8-10(12-11)9-6-4-3-5-7-9/h3-7H,8,11H2,1-2H3/b12-10-. The summed E-state index contributed by atoms with van der Waals surface area (Å²) in [5.74, 6) is 5.02. The minimum Gasteiger partial charge on any atom is -0.323 e. The average Bonchev–Trinajstić information content (AvgIpc) is 2.27. The molecule has 2 N–H and O–H groups in total. The van der Waals surface area contributed by atoms with E-state index in [4.69, 9.17) is 5.84 Å². The van der Waals surface area contributed by atoms with Gasteiger partial charge in [-0.3, -0.25) is 0 Å². The molecule has 0 spiro atoms. The van der Waals surface area contributed by atoms with Crippen molar-refractivity contribution in [2.75, 3.05) is 19.8 Å². The lowest BCUT2D eigenvalue weighted by molar-refractivity contribution is 0.525. The van der Waals surface area contributed by atoms with E-state index in [-0.39, 0.29) is 5.75 Å². The fourth-order valence-electron chi connectivity index (χ4n) is 1.13. The van der Waals surface area contributed by atoms with Crippen molar-refractivity contribution in [2.24, 2.45) is 10.9 Å². The molecule has 0 saturated heterocycles. The van der Waals surface area contributed by atoms with Crippen LogP contribution in [0.25, 0.3) is 0 Å². The molecule has 0 saturated carbocycles. The van der Waals surface area contributed by atoms with Crippen molar-refractivity contribution in [2.45, 2.75) is 0 Å². The van der Waals surface area contributed by atoms with Gasteiger partial charge in [-0.05, 0) is 5.56 Å². The van der Waals surface area contributed by atoms with Crippen molar-refractivity contribution >= 4 is 15.7 Å². The van der Waals surface area contributed by atoms with Gasteiger partial charge in [0.05, 0.1) is 5.71 Å². The van der Waals surface area contributed by atoms with Gasteiger partial charge in [-0.2, -0.15) is 5.10 Å². The molecule has 0 aliphatic heterocycles. The number of hydrogen-bond acceptors (Lipinski definition) is 4. The van der Waals surface area contributed by atoms with Crippen molar-refractivity contribution in [1.29, 1.82) is 0 Å². The van der Waals surface area contributed by atoms with Gasteiger partial charge in [0.2, 0.25) is 10.0 Å². The third kappa shape index (κ3) is 3.04. The Labute approximate surface area is 95.6 Å². The average molecular weight is 241 g/mol. The summed E-state index contributed by atoms with van der Waals surface area (Å²) < 4.78 is 24.5. The van der Waals surface area contributed by atoms with Crippen LogP contribution in [-0.4, -0.2) is 38.3 Å². The van der Waals surface area contributed by atoms with E-state index < -0.39 is 10.0 Å². The Kier molecular flexibility index (Phi) is 4.03. The summed E-state index contributed by atoms with van der Waals surface area (Å²) >= 11 is 0. The zero-order valence-corrected chi connectivity index (χ0v) is 10.1. The van der Waals surface area contributed by atoms with Crippen LogP contribution in [0.2, 0.25) is 0 Å². The Morgan fingerprint density at radius 3 is 2.31 bits per heavy atom. The molecule has 1 aromatic carbocycles. The molecular formula is C10H15N3O2S. The summed E-state index contributed by atoms with van der Waals surface area (Å²) in [6, 6.07) is 9.01. The lowest BCUT2D eigenvalue weighted by Crippen LogP contribution is -2.30. The molecule has 88 valence electrons. The molecule has 16 heavy (non-hydrogen) atoms. The highest BCUT2D eigenvalue weighted by Gasteiger charge is 2.18. The summed E-state index contributed by atoms with van der Waals surface area (Å²) in [5, 5.41) is 3.54. The highest BCUT2D eigenvalue weighted by atomic mass is 32.2. The maximum atomic E-state index is 11.7. The van der Waals surface area contributed by atoms with Crippen LogP contribution in [-0.2, 0) is 10.0 Å². The molecule has 1 rings (SSSR count). The summed E-state index contributed by atoms with van der Waals surface area (Å²) in [7, 11) is -0.374. The first-order valence-corrected chi connectivity index (χ1v) is 6.30. The molecule has 6 heteroatoms. The van der Waals surface area contributed by atoms with Crippen LogP contribution in [0.1, 0.15) is 5.56 Å². The Morgan fingerprint density at radius 2 is 1.88 bits per heavy atom. The first kappa shape index (κ1) is 12.7. The van der Waals surface area contributed by atoms with E-state index in [1.165, 1.54) is 14.1 Å². The molecule has 0 unspecified atom stereocenters. The van der Waals surface area contributed by atoms with Crippen LogP contribution < -0.4 is 5.84 Å². The SMILES string of the molecule is CN(C)S(=O)(=O)C/C(=N/N)c1ccccc1. The third-order valence-corrected chi connectivity index (χ3v) is 3.89. The number of hydrazone groups is 1. The largest absolute Gasteiger partial charge is 0.323 e. The highest BCUT2D eigenvalue weighted by Crippen LogP contribution is 2.05. The predicted molar refractivity (Wildman–Crippen MR) is 64.6 cm³/mol. The molecule has 0 aromatic heterocycles. The first-order valence-electron chi connectivity index (χ1n) is 4.70. The molecule has 0 heterocycles. The molecule has 0 fully saturated rings. The smallest absolute Gasteiger partial charge is 0.219 e. The van der Waals surface area contributed by atoms with Gasteiger partial charge >= 0.3 is 0 Å². The number of sulfonamides is 1. The van der Waals surface area contributed by atoms with Gasteiger partial charge in [-0.25, -0.2) is 12.7 Å². The topological polar surface area (TPSA) is 75.8 Å². The predicted octanol–water partition coefficient (Wildman–Crippen LogP) is 0.241. The van der Waals surface area contributed by atoms with Gasteiger partial charge in [-0.1, -0.05) is 30.3 Å². The Morgan fingerprint density at radius 1 is 1.31 bits per heavy atom. The van der Waals surface area contributed by atoms with Crippen LogP contribution in [0, 0.1) is 0 Å². The Bertz CT molecular complexity index is 466. The molecule has 0 atom stereocenters. The van der Waals surface area contributed by atoms with Crippen molar-refractivity contribution in [3.05, 3.63) is 35.9 Å². The number of hydrogen-bond donors (Lipinski definition) is 1. The van der Waals surface area contributed by atoms with E-state index in [0.717, 1.165) is 9.87 Å². The molecule has 0 bridgehead atoms. The summed E-state index contributed by atoms with van der Waals surface area (Å²) in [5.41, 5.74) is 1.07. The molecule has 0 aliphatic carbocycles. The van der Waals surface area contributed by atoms with E-state index in [9.17, 15) is 8.42 Å². The van der Waals surface area contributed by atoms with Crippen molar-refractivity contribution in [3.8, 4) is 0 Å². The molecule has 0 radical (unpaired) electrons. The second-order valence-corrected chi connectivity index (χ2v) is 5.66. The second kappa shape index (κ2) is 5.09. The van der Waals surface area contributed by atoms with E-state index in [1.54, 1.807) is 12.1 Å². The minimum absolute atomic E-state index is 0.194. The summed E-state index contributed by atoms with van der Waals surface area (Å²) in [6.07, 6.45) is 0. The van der Waals surface area contributed by atoms with E-state index in [0.29, 0.717) is 5.71 Å². The van der Waals surface area contributed by atoms with Crippen molar-refractivity contribution in [1.82, 2.24) is 4.31 Å². The van der Waals surface area contributed by atoms with Gasteiger partial charge in [0.15, 0.2) is 0 Å². The number of nitrogens with two attached hydrogens (primary N) is 1. The Hall–Kier alpha value is -1.40. The van der Waals surface area contributed by atoms with Crippen molar-refractivity contribution < 1.29 is 8.42 Å². The highest BCUT2D eigenvalue weighted by molar-refractivity contribution is 7.89. The van der Waals surface area contributed by atoms with Crippen LogP contribution in [0.15, 0.2) is 35.4 Å². The Balaban J connectivity index is 2.97. The molecule has 5 nitrogen and oxygen atoms in total. The summed E-state index contributed by atoms with van der Waals surface area (Å²) in [6.45, 7) is 0. The number of nitrogens with zero attached hydrogens (tertiary/aromatic N) is 2. The van der Waals surface area contributed by atoms with Crippen molar-refractivity contribution in [3.63, 3.8) is 0 Å². The van der Waals surface area contributed by atoms with Crippen LogP contribution in [0.5, 0.6) is 0 Å². The van der Waals surface area contributed by atoms with Crippen LogP contribution in [0.4, 0.5) is 0 Å². The molecule has 1 aromatic rings. The number of benzene rings is 1. The van der Waals surface area contributed by atoms with E-state index in [2.05, 4.69) is 5.10 Å². The zero-order valence-electron chi connectivity index (χ0n) is 9.29. The van der Waals surface area contributed by atoms with Gasteiger partial charge in [0.1, 0.15) is 5.75 Å². The third-order valence-electron chi connectivity index (χ3n) is 2.14. The second-order valence-electron chi connectivity index (χ2n) is 3.48. The van der Waals surface area contributed by atoms with Gasteiger partial charge in [0, 0.05) is 14.1 Å². The molecule has 0 aliphatic rings. The van der Waals surface area contributed by atoms with E-state index in [1.807, 2.05) is 18.2 Å². The maximum Gasteiger partial charge on any atom is 0.219 e. The fraction of sp³-hybridized carbons (Fsp3) is 0.300. The summed E-state index contributed by atoms with van der Waals surface area (Å²) in [4.78, 5) is 0. The molecular weight excluding hydrogens is 226 g/mol. The van der Waals surface area contributed by atoms with Crippen LogP contribution >= 0.6 is 0 Å². The van der Waals surface area contributed by atoms with Gasteiger partial charge in [-0.15, -0.1) is 0 Å². The van der Waals surface area contributed by atoms with E-state index >= 15 is 0 Å². The normalized spacial score (nSPS) is 13.1. The zero-order chi connectivity index (χ0) is 12.2. The van der Waals surface area contributed by atoms with Gasteiger partial charge in [0.25, 0.3) is 0 Å². The quantitative estimate of drug-likeness (QED) is 0.466. The maximum absolute atomic E-state index is 11.7. The molecule has 0 amide bonds. The minimum atomic E-state index is -3.34. The monoisotopic (exact) mass is 241 g/mol. The first-order chi connectivity index (χ1) is 7.47. The van der Waals surface area contributed by atoms with Crippen LogP contribution in [0.3, 0.4) is 0 Å². The van der Waals surface area contributed by atoms with Gasteiger partial charge < -0.3 is 5.84 Å². The lowest BCUT2D eigenvalue weighted by Gasteiger charge is -2.12. The fourth-order valence-corrected chi connectivity index (χ4v) is 1.97.